The van der Waals surface area contributed by atoms with Crippen LogP contribution in [0.4, 0.5) is 0 Å². The number of nitrogens with zero attached hydrogens (tertiary/aromatic N) is 1. The van der Waals surface area contributed by atoms with E-state index in [0.717, 1.165) is 6.08 Å². The van der Waals surface area contributed by atoms with Gasteiger partial charge in [-0.1, -0.05) is 20.8 Å². The smallest absolute Gasteiger partial charge is 0.288 e. The minimum atomic E-state index is -0.598. The molecule has 0 spiro atoms. The number of ether oxygens (including phenoxy) is 1. The van der Waals surface area contributed by atoms with E-state index in [9.17, 15) is 14.7 Å². The molecule has 0 radical (unpaired) electrons. The molecule has 0 unspecified atom stereocenters. The first-order valence-electron chi connectivity index (χ1n) is 5.64. The lowest BCUT2D eigenvalue weighted by atomic mass is 9.90. The van der Waals surface area contributed by atoms with Gasteiger partial charge in [-0.15, -0.1) is 0 Å². The Morgan fingerprint density at radius 2 is 1.76 bits per heavy atom. The summed E-state index contributed by atoms with van der Waals surface area (Å²) >= 11 is 0. The predicted molar refractivity (Wildman–Crippen MR) is 62.6 cm³/mol. The molecule has 1 fully saturated rings. The van der Waals surface area contributed by atoms with Crippen molar-refractivity contribution in [3.8, 4) is 0 Å². The van der Waals surface area contributed by atoms with Crippen molar-refractivity contribution >= 4 is 11.7 Å². The van der Waals surface area contributed by atoms with Crippen LogP contribution in [0.15, 0.2) is 11.8 Å². The van der Waals surface area contributed by atoms with Crippen LogP contribution in [0.1, 0.15) is 20.8 Å². The lowest BCUT2D eigenvalue weighted by Crippen LogP contribution is -2.41. The maximum atomic E-state index is 11.8. The molecule has 1 saturated heterocycles. The van der Waals surface area contributed by atoms with Crippen molar-refractivity contribution in [2.75, 3.05) is 26.3 Å². The zero-order valence-electron chi connectivity index (χ0n) is 10.5. The molecular formula is C12H19NO4. The monoisotopic (exact) mass is 241 g/mol. The molecule has 1 aliphatic heterocycles. The summed E-state index contributed by atoms with van der Waals surface area (Å²) in [6.45, 7) is 7.02. The number of amides is 1. The predicted octanol–water partition coefficient (Wildman–Crippen LogP) is 0.902. The molecule has 0 aliphatic carbocycles. The van der Waals surface area contributed by atoms with Gasteiger partial charge in [-0.3, -0.25) is 9.59 Å². The van der Waals surface area contributed by atoms with E-state index in [0.29, 0.717) is 26.3 Å². The zero-order valence-corrected chi connectivity index (χ0v) is 10.5. The molecule has 0 aromatic rings. The number of aliphatic hydroxyl groups is 1. The van der Waals surface area contributed by atoms with Crippen LogP contribution in [-0.4, -0.2) is 48.0 Å². The second-order valence-corrected chi connectivity index (χ2v) is 5.05. The van der Waals surface area contributed by atoms with Crippen LogP contribution in [0, 0.1) is 5.41 Å². The summed E-state index contributed by atoms with van der Waals surface area (Å²) < 4.78 is 5.10. The molecule has 1 amide bonds. The summed E-state index contributed by atoms with van der Waals surface area (Å²) in [5.74, 6) is -1.27. The Bertz CT molecular complexity index is 335. The molecule has 0 saturated carbocycles. The molecule has 5 nitrogen and oxygen atoms in total. The Labute approximate surface area is 101 Å². The number of ketones is 1. The SMILES string of the molecule is CC(C)(C)C(=O)/C=C(\O)C(=O)N1CCOCC1. The van der Waals surface area contributed by atoms with Crippen molar-refractivity contribution in [1.82, 2.24) is 4.90 Å². The Morgan fingerprint density at radius 1 is 1.24 bits per heavy atom. The number of allylic oxidation sites excluding steroid dienone is 1. The van der Waals surface area contributed by atoms with Gasteiger partial charge in [0.25, 0.3) is 5.91 Å². The second kappa shape index (κ2) is 5.31. The first-order valence-corrected chi connectivity index (χ1v) is 5.64. The van der Waals surface area contributed by atoms with Crippen LogP contribution >= 0.6 is 0 Å². The second-order valence-electron chi connectivity index (χ2n) is 5.05. The number of carbonyl (C=O) groups is 2. The molecule has 0 aromatic carbocycles. The third-order valence-electron chi connectivity index (χ3n) is 2.52. The molecule has 0 aromatic heterocycles. The lowest BCUT2D eigenvalue weighted by Gasteiger charge is -2.26. The largest absolute Gasteiger partial charge is 0.503 e. The molecule has 0 bridgehead atoms. The molecule has 5 heteroatoms. The third kappa shape index (κ3) is 3.85. The minimum absolute atomic E-state index is 0.267. The van der Waals surface area contributed by atoms with Crippen molar-refractivity contribution in [3.05, 3.63) is 11.8 Å². The Morgan fingerprint density at radius 3 is 2.24 bits per heavy atom. The van der Waals surface area contributed by atoms with Crippen LogP contribution in [0.5, 0.6) is 0 Å². The fraction of sp³-hybridized carbons (Fsp3) is 0.667. The van der Waals surface area contributed by atoms with Gasteiger partial charge >= 0.3 is 0 Å². The summed E-state index contributed by atoms with van der Waals surface area (Å²) in [7, 11) is 0. The summed E-state index contributed by atoms with van der Waals surface area (Å²) in [5, 5.41) is 9.61. The summed E-state index contributed by atoms with van der Waals surface area (Å²) in [4.78, 5) is 24.9. The van der Waals surface area contributed by atoms with Gasteiger partial charge in [-0.2, -0.15) is 0 Å². The first-order chi connectivity index (χ1) is 7.82. The normalized spacial score (nSPS) is 18.1. The quantitative estimate of drug-likeness (QED) is 0.576. The molecular weight excluding hydrogens is 222 g/mol. The van der Waals surface area contributed by atoms with E-state index >= 15 is 0 Å². The molecule has 1 aliphatic rings. The maximum absolute atomic E-state index is 11.8. The van der Waals surface area contributed by atoms with Crippen molar-refractivity contribution in [2.45, 2.75) is 20.8 Å². The molecule has 1 rings (SSSR count). The Hall–Kier alpha value is -1.36. The highest BCUT2D eigenvalue weighted by Gasteiger charge is 2.24. The molecule has 1 N–H and O–H groups in total. The van der Waals surface area contributed by atoms with Crippen molar-refractivity contribution in [3.63, 3.8) is 0 Å². The summed E-state index contributed by atoms with van der Waals surface area (Å²) in [5.41, 5.74) is -0.598. The van der Waals surface area contributed by atoms with E-state index in [1.54, 1.807) is 20.8 Å². The van der Waals surface area contributed by atoms with Crippen molar-refractivity contribution in [2.24, 2.45) is 5.41 Å². The van der Waals surface area contributed by atoms with Gasteiger partial charge in [0.1, 0.15) is 0 Å². The van der Waals surface area contributed by atoms with E-state index in [2.05, 4.69) is 0 Å². The molecule has 17 heavy (non-hydrogen) atoms. The van der Waals surface area contributed by atoms with Crippen LogP contribution in [-0.2, 0) is 14.3 Å². The minimum Gasteiger partial charge on any atom is -0.503 e. The average molecular weight is 241 g/mol. The van der Waals surface area contributed by atoms with Crippen molar-refractivity contribution < 1.29 is 19.4 Å². The van der Waals surface area contributed by atoms with Gasteiger partial charge in [-0.25, -0.2) is 0 Å². The molecule has 96 valence electrons. The average Bonchev–Trinajstić information content (AvgIpc) is 2.27. The third-order valence-corrected chi connectivity index (χ3v) is 2.52. The van der Waals surface area contributed by atoms with Crippen LogP contribution in [0.3, 0.4) is 0 Å². The Kier molecular flexibility index (Phi) is 4.28. The number of aliphatic hydroxyl groups excluding tert-OH is 1. The van der Waals surface area contributed by atoms with Gasteiger partial charge in [-0.05, 0) is 0 Å². The van der Waals surface area contributed by atoms with Gasteiger partial charge in [0.05, 0.1) is 13.2 Å². The van der Waals surface area contributed by atoms with Crippen LogP contribution in [0.2, 0.25) is 0 Å². The summed E-state index contributed by atoms with van der Waals surface area (Å²) in [6, 6.07) is 0. The van der Waals surface area contributed by atoms with E-state index in [4.69, 9.17) is 4.74 Å². The number of rotatable bonds is 2. The van der Waals surface area contributed by atoms with E-state index in [1.165, 1.54) is 4.90 Å². The number of hydrogen-bond acceptors (Lipinski definition) is 4. The van der Waals surface area contributed by atoms with Gasteiger partial charge in [0.15, 0.2) is 11.5 Å². The summed E-state index contributed by atoms with van der Waals surface area (Å²) in [6.07, 6.45) is 1.01. The first kappa shape index (κ1) is 13.7. The van der Waals surface area contributed by atoms with Gasteiger partial charge in [0.2, 0.25) is 0 Å². The van der Waals surface area contributed by atoms with Crippen molar-refractivity contribution in [1.29, 1.82) is 0 Å². The highest BCUT2D eigenvalue weighted by atomic mass is 16.5. The van der Waals surface area contributed by atoms with Gasteiger partial charge < -0.3 is 14.7 Å². The molecule has 0 atom stereocenters. The standard InChI is InChI=1S/C12H19NO4/c1-12(2,3)10(15)8-9(14)11(16)13-4-6-17-7-5-13/h8,14H,4-7H2,1-3H3/b9-8-. The molecule has 1 heterocycles. The van der Waals surface area contributed by atoms with Crippen LogP contribution < -0.4 is 0 Å². The van der Waals surface area contributed by atoms with Gasteiger partial charge in [0, 0.05) is 24.6 Å². The fourth-order valence-corrected chi connectivity index (χ4v) is 1.33. The fourth-order valence-electron chi connectivity index (χ4n) is 1.33. The van der Waals surface area contributed by atoms with E-state index in [-0.39, 0.29) is 5.78 Å². The zero-order chi connectivity index (χ0) is 13.1. The highest BCUT2D eigenvalue weighted by molar-refractivity contribution is 6.02. The van der Waals surface area contributed by atoms with E-state index < -0.39 is 17.1 Å². The number of carbonyl (C=O) groups excluding carboxylic acids is 2. The topological polar surface area (TPSA) is 66.8 Å². The highest BCUT2D eigenvalue weighted by Crippen LogP contribution is 2.16. The van der Waals surface area contributed by atoms with Crippen LogP contribution in [0.25, 0.3) is 0 Å². The Balaban J connectivity index is 2.68. The number of morpholine rings is 1. The lowest BCUT2D eigenvalue weighted by molar-refractivity contribution is -0.134. The maximum Gasteiger partial charge on any atom is 0.288 e. The number of hydrogen-bond donors (Lipinski definition) is 1. The van der Waals surface area contributed by atoms with E-state index in [1.807, 2.05) is 0 Å².